The molecule has 0 unspecified atom stereocenters. The highest BCUT2D eigenvalue weighted by Gasteiger charge is 2.11. The molecule has 1 N–H and O–H groups in total. The number of benzene rings is 1. The molecule has 0 atom stereocenters. The number of nitrogens with one attached hydrogen (secondary N) is 1. The van der Waals surface area contributed by atoms with Gasteiger partial charge in [0.25, 0.3) is 11.7 Å². The van der Waals surface area contributed by atoms with Gasteiger partial charge in [-0.25, -0.2) is 0 Å². The van der Waals surface area contributed by atoms with E-state index in [9.17, 15) is 10.1 Å². The smallest absolute Gasteiger partial charge is 0.295 e. The predicted octanol–water partition coefficient (Wildman–Crippen LogP) is 3.21. The summed E-state index contributed by atoms with van der Waals surface area (Å²) in [6.07, 6.45) is 1.03. The number of nitrogens with zero attached hydrogens (tertiary/aromatic N) is 2. The van der Waals surface area contributed by atoms with Gasteiger partial charge in [0, 0.05) is 19.2 Å². The zero-order chi connectivity index (χ0) is 15.2. The molecule has 114 valence electrons. The Kier molecular flexibility index (Phi) is 5.10. The Labute approximate surface area is 122 Å². The number of ether oxygens (including phenoxy) is 1. The summed E-state index contributed by atoms with van der Waals surface area (Å²) in [5.74, 6) is 0.630. The summed E-state index contributed by atoms with van der Waals surface area (Å²) in [7, 11) is 0. The fraction of sp³-hybridized carbons (Fsp3) is 0.500. The number of fused-ring (bicyclic) bond motifs is 1. The summed E-state index contributed by atoms with van der Waals surface area (Å²) in [6.45, 7) is 6.18. The molecular weight excluding hydrogens is 274 g/mol. The van der Waals surface area contributed by atoms with E-state index >= 15 is 0 Å². The number of oxazole rings is 1. The number of nitro groups is 1. The van der Waals surface area contributed by atoms with Crippen molar-refractivity contribution >= 4 is 22.8 Å². The first-order valence-electron chi connectivity index (χ1n) is 6.93. The Balaban J connectivity index is 1.84. The van der Waals surface area contributed by atoms with Gasteiger partial charge in [-0.2, -0.15) is 4.98 Å². The highest BCUT2D eigenvalue weighted by Crippen LogP contribution is 2.23. The SMILES string of the molecule is CC(C)CCOCCNc1nc2ccc([N+](=O)[O-])cc2o1. The molecule has 0 saturated heterocycles. The maximum atomic E-state index is 10.7. The van der Waals surface area contributed by atoms with Crippen LogP contribution in [-0.4, -0.2) is 29.7 Å². The van der Waals surface area contributed by atoms with Crippen LogP contribution < -0.4 is 5.32 Å². The van der Waals surface area contributed by atoms with Gasteiger partial charge >= 0.3 is 0 Å². The lowest BCUT2D eigenvalue weighted by molar-refractivity contribution is -0.384. The molecule has 2 aromatic rings. The topological polar surface area (TPSA) is 90.4 Å². The number of non-ortho nitro benzene ring substituents is 1. The largest absolute Gasteiger partial charge is 0.423 e. The van der Waals surface area contributed by atoms with E-state index in [1.807, 2.05) is 0 Å². The minimum absolute atomic E-state index is 0.0118. The molecule has 1 aromatic carbocycles. The Morgan fingerprint density at radius 1 is 1.43 bits per heavy atom. The van der Waals surface area contributed by atoms with Crippen LogP contribution in [0.4, 0.5) is 11.7 Å². The van der Waals surface area contributed by atoms with E-state index in [1.165, 1.54) is 12.1 Å². The van der Waals surface area contributed by atoms with E-state index in [4.69, 9.17) is 9.15 Å². The molecular formula is C14H19N3O4. The zero-order valence-corrected chi connectivity index (χ0v) is 12.2. The van der Waals surface area contributed by atoms with E-state index in [2.05, 4.69) is 24.1 Å². The molecule has 0 spiro atoms. The molecule has 0 bridgehead atoms. The molecule has 0 amide bonds. The summed E-state index contributed by atoms with van der Waals surface area (Å²) >= 11 is 0. The third-order valence-corrected chi connectivity index (χ3v) is 2.95. The van der Waals surface area contributed by atoms with Gasteiger partial charge in [0.05, 0.1) is 17.6 Å². The summed E-state index contributed by atoms with van der Waals surface area (Å²) in [6, 6.07) is 4.69. The normalized spacial score (nSPS) is 11.2. The Morgan fingerprint density at radius 3 is 2.95 bits per heavy atom. The predicted molar refractivity (Wildman–Crippen MR) is 79.4 cm³/mol. The highest BCUT2D eigenvalue weighted by molar-refractivity contribution is 5.77. The summed E-state index contributed by atoms with van der Waals surface area (Å²) in [5.41, 5.74) is 0.971. The monoisotopic (exact) mass is 293 g/mol. The van der Waals surface area contributed by atoms with Gasteiger partial charge in [-0.1, -0.05) is 13.8 Å². The molecule has 0 radical (unpaired) electrons. The first kappa shape index (κ1) is 15.2. The second kappa shape index (κ2) is 7.03. The van der Waals surface area contributed by atoms with Gasteiger partial charge in [-0.15, -0.1) is 0 Å². The van der Waals surface area contributed by atoms with Crippen LogP contribution in [0.2, 0.25) is 0 Å². The van der Waals surface area contributed by atoms with Gasteiger partial charge in [-0.3, -0.25) is 10.1 Å². The lowest BCUT2D eigenvalue weighted by atomic mass is 10.1. The first-order chi connectivity index (χ1) is 10.1. The molecule has 7 heteroatoms. The molecule has 0 aliphatic carbocycles. The van der Waals surface area contributed by atoms with Crippen molar-refractivity contribution in [1.29, 1.82) is 0 Å². The average molecular weight is 293 g/mol. The fourth-order valence-electron chi connectivity index (χ4n) is 1.75. The minimum atomic E-state index is -0.461. The second-order valence-corrected chi connectivity index (χ2v) is 5.15. The number of rotatable bonds is 8. The average Bonchev–Trinajstić information content (AvgIpc) is 2.83. The van der Waals surface area contributed by atoms with Crippen LogP contribution in [0.3, 0.4) is 0 Å². The molecule has 1 aromatic heterocycles. The molecule has 0 saturated carbocycles. The van der Waals surface area contributed by atoms with Gasteiger partial charge in [-0.05, 0) is 18.4 Å². The molecule has 0 aliphatic heterocycles. The van der Waals surface area contributed by atoms with Crippen molar-refractivity contribution < 1.29 is 14.1 Å². The van der Waals surface area contributed by atoms with E-state index in [1.54, 1.807) is 6.07 Å². The number of hydrogen-bond acceptors (Lipinski definition) is 6. The Hall–Kier alpha value is -2.15. The zero-order valence-electron chi connectivity index (χ0n) is 12.2. The lowest BCUT2D eigenvalue weighted by Gasteiger charge is -2.06. The third kappa shape index (κ3) is 4.42. The Bertz CT molecular complexity index is 609. The van der Waals surface area contributed by atoms with Gasteiger partial charge in [0.15, 0.2) is 5.58 Å². The third-order valence-electron chi connectivity index (χ3n) is 2.95. The summed E-state index contributed by atoms with van der Waals surface area (Å²) in [4.78, 5) is 14.4. The number of nitro benzene ring substituents is 1. The molecule has 2 rings (SSSR count). The van der Waals surface area contributed by atoms with Crippen molar-refractivity contribution in [2.24, 2.45) is 5.92 Å². The van der Waals surface area contributed by atoms with Crippen molar-refractivity contribution in [3.63, 3.8) is 0 Å². The van der Waals surface area contributed by atoms with Crippen molar-refractivity contribution in [3.8, 4) is 0 Å². The lowest BCUT2D eigenvalue weighted by Crippen LogP contribution is -2.10. The van der Waals surface area contributed by atoms with Crippen LogP contribution in [-0.2, 0) is 4.74 Å². The van der Waals surface area contributed by atoms with E-state index in [0.717, 1.165) is 13.0 Å². The van der Waals surface area contributed by atoms with Crippen LogP contribution in [0.5, 0.6) is 0 Å². The van der Waals surface area contributed by atoms with Gasteiger partial charge < -0.3 is 14.5 Å². The minimum Gasteiger partial charge on any atom is -0.423 e. The standard InChI is InChI=1S/C14H19N3O4/c1-10(2)5-7-20-8-6-15-14-16-12-4-3-11(17(18)19)9-13(12)21-14/h3-4,9-10H,5-8H2,1-2H3,(H,15,16). The van der Waals surface area contributed by atoms with Gasteiger partial charge in [0.2, 0.25) is 0 Å². The first-order valence-corrected chi connectivity index (χ1v) is 6.93. The second-order valence-electron chi connectivity index (χ2n) is 5.15. The maximum absolute atomic E-state index is 10.7. The van der Waals surface area contributed by atoms with E-state index in [0.29, 0.717) is 36.2 Å². The van der Waals surface area contributed by atoms with Crippen LogP contribution in [0.1, 0.15) is 20.3 Å². The van der Waals surface area contributed by atoms with Crippen molar-refractivity contribution in [2.75, 3.05) is 25.1 Å². The number of aromatic nitrogens is 1. The van der Waals surface area contributed by atoms with E-state index < -0.39 is 4.92 Å². The highest BCUT2D eigenvalue weighted by atomic mass is 16.6. The summed E-state index contributed by atoms with van der Waals surface area (Å²) < 4.78 is 10.9. The maximum Gasteiger partial charge on any atom is 0.295 e. The Morgan fingerprint density at radius 2 is 2.24 bits per heavy atom. The van der Waals surface area contributed by atoms with Crippen molar-refractivity contribution in [1.82, 2.24) is 4.98 Å². The van der Waals surface area contributed by atoms with Crippen molar-refractivity contribution in [3.05, 3.63) is 28.3 Å². The van der Waals surface area contributed by atoms with Gasteiger partial charge in [0.1, 0.15) is 5.52 Å². The van der Waals surface area contributed by atoms with Crippen molar-refractivity contribution in [2.45, 2.75) is 20.3 Å². The van der Waals surface area contributed by atoms with Crippen LogP contribution >= 0.6 is 0 Å². The van der Waals surface area contributed by atoms with E-state index in [-0.39, 0.29) is 5.69 Å². The van der Waals surface area contributed by atoms with Crippen LogP contribution in [0, 0.1) is 16.0 Å². The molecule has 7 nitrogen and oxygen atoms in total. The molecule has 1 heterocycles. The number of hydrogen-bond donors (Lipinski definition) is 1. The number of anilines is 1. The molecule has 0 fully saturated rings. The van der Waals surface area contributed by atoms with Crippen LogP contribution in [0.25, 0.3) is 11.1 Å². The molecule has 0 aliphatic rings. The summed E-state index contributed by atoms with van der Waals surface area (Å²) in [5, 5.41) is 13.7. The quantitative estimate of drug-likeness (QED) is 0.456. The van der Waals surface area contributed by atoms with Crippen LogP contribution in [0.15, 0.2) is 22.6 Å². The fourth-order valence-corrected chi connectivity index (χ4v) is 1.75. The molecule has 21 heavy (non-hydrogen) atoms.